The van der Waals surface area contributed by atoms with Gasteiger partial charge in [0.05, 0.1) is 0 Å². The van der Waals surface area contributed by atoms with Crippen molar-refractivity contribution in [2.75, 3.05) is 13.2 Å². The summed E-state index contributed by atoms with van der Waals surface area (Å²) in [5.74, 6) is 0. The molecule has 0 aliphatic rings. The van der Waals surface area contributed by atoms with Gasteiger partial charge in [-0.05, 0) is 0 Å². The van der Waals surface area contributed by atoms with Crippen LogP contribution >= 0.6 is 25.3 Å². The second-order valence-corrected chi connectivity index (χ2v) is 9.56. The van der Waals surface area contributed by atoms with E-state index in [1.54, 1.807) is 0 Å². The van der Waals surface area contributed by atoms with Crippen molar-refractivity contribution in [3.05, 3.63) is 71.8 Å². The van der Waals surface area contributed by atoms with Crippen LogP contribution in [-0.2, 0) is 22.7 Å². The second-order valence-electron chi connectivity index (χ2n) is 5.85. The Morgan fingerprint density at radius 3 is 1.48 bits per heavy atom. The van der Waals surface area contributed by atoms with Crippen molar-refractivity contribution in [1.29, 1.82) is 0 Å². The average molecular weight is 442 g/mol. The number of thiol groups is 2. The van der Waals surface area contributed by atoms with Gasteiger partial charge >= 0.3 is 169 Å². The van der Waals surface area contributed by atoms with Gasteiger partial charge in [-0.15, -0.1) is 0 Å². The Bertz CT molecular complexity index is 517. The summed E-state index contributed by atoms with van der Waals surface area (Å²) in [6.07, 6.45) is 0. The molecule has 0 spiro atoms. The van der Waals surface area contributed by atoms with Crippen LogP contribution < -0.4 is 0 Å². The summed E-state index contributed by atoms with van der Waals surface area (Å²) in [6.45, 7) is 2.71. The van der Waals surface area contributed by atoms with E-state index in [2.05, 4.69) is 49.5 Å². The number of hydrogen-bond acceptors (Lipinski definition) is 4. The summed E-state index contributed by atoms with van der Waals surface area (Å²) < 4.78 is 11.5. The molecule has 5 heteroatoms. The number of rotatable bonds is 12. The molecule has 0 fully saturated rings. The molecule has 2 atom stereocenters. The first kappa shape index (κ1) is 20.9. The normalized spacial score (nSPS) is 13.5. The van der Waals surface area contributed by atoms with Crippen LogP contribution in [0.15, 0.2) is 60.7 Å². The molecule has 136 valence electrons. The van der Waals surface area contributed by atoms with Crippen LogP contribution in [0.25, 0.3) is 0 Å². The predicted octanol–water partition coefficient (Wildman–Crippen LogP) is 4.56. The van der Waals surface area contributed by atoms with Crippen LogP contribution in [0.4, 0.5) is 0 Å². The summed E-state index contributed by atoms with van der Waals surface area (Å²) in [5.41, 5.74) is 2.42. The maximum atomic E-state index is 5.74. The number of ether oxygens (including phenoxy) is 2. The van der Waals surface area contributed by atoms with Crippen LogP contribution in [0.5, 0.6) is 0 Å². The van der Waals surface area contributed by atoms with Gasteiger partial charge < -0.3 is 0 Å². The molecule has 0 saturated carbocycles. The molecule has 0 aromatic heterocycles. The van der Waals surface area contributed by atoms with E-state index in [1.807, 2.05) is 36.4 Å². The fraction of sp³-hybridized carbons (Fsp3) is 0.400. The topological polar surface area (TPSA) is 18.5 Å². The Morgan fingerprint density at radius 2 is 1.08 bits per heavy atom. The minimum atomic E-state index is 0.300. The van der Waals surface area contributed by atoms with Crippen LogP contribution in [0.1, 0.15) is 11.1 Å². The van der Waals surface area contributed by atoms with Gasteiger partial charge in [0.1, 0.15) is 0 Å². The van der Waals surface area contributed by atoms with Crippen LogP contribution in [0.2, 0.25) is 10.6 Å². The van der Waals surface area contributed by atoms with E-state index >= 15 is 0 Å². The van der Waals surface area contributed by atoms with Gasteiger partial charge in [0.25, 0.3) is 0 Å². The average Bonchev–Trinajstić information content (AvgIpc) is 2.63. The summed E-state index contributed by atoms with van der Waals surface area (Å²) >= 11 is 9.78. The fourth-order valence-electron chi connectivity index (χ4n) is 2.21. The zero-order valence-electron chi connectivity index (χ0n) is 14.3. The number of hydrogen-bond donors (Lipinski definition) is 2. The zero-order valence-corrected chi connectivity index (χ0v) is 17.8. The van der Waals surface area contributed by atoms with Crippen molar-refractivity contribution >= 4 is 40.2 Å². The standard InChI is InChI=1S/C20H26O2S2Se/c23-19(13-21-11-17-7-3-1-4-8-17)15-25-16-20(24)14-22-12-18-9-5-2-6-10-18/h1-10,19-20,23-24H,11-16H2/t19-,20-/m0/s1. The van der Waals surface area contributed by atoms with Crippen LogP contribution in [-0.4, -0.2) is 38.7 Å². The molecule has 25 heavy (non-hydrogen) atoms. The number of benzene rings is 2. The van der Waals surface area contributed by atoms with Crippen molar-refractivity contribution in [3.63, 3.8) is 0 Å². The molecular formula is C20H26O2S2Se. The summed E-state index contributed by atoms with van der Waals surface area (Å²) in [5, 5.41) is 2.80. The van der Waals surface area contributed by atoms with Gasteiger partial charge in [0.15, 0.2) is 0 Å². The van der Waals surface area contributed by atoms with Gasteiger partial charge in [-0.3, -0.25) is 0 Å². The van der Waals surface area contributed by atoms with Crippen molar-refractivity contribution in [2.45, 2.75) is 34.4 Å². The molecular weight excluding hydrogens is 415 g/mol. The van der Waals surface area contributed by atoms with Crippen LogP contribution in [0.3, 0.4) is 0 Å². The third-order valence-corrected chi connectivity index (χ3v) is 7.92. The van der Waals surface area contributed by atoms with Crippen molar-refractivity contribution in [2.24, 2.45) is 0 Å². The van der Waals surface area contributed by atoms with Crippen molar-refractivity contribution < 1.29 is 9.47 Å². The van der Waals surface area contributed by atoms with Crippen molar-refractivity contribution in [3.8, 4) is 0 Å². The molecule has 0 amide bonds. The van der Waals surface area contributed by atoms with E-state index in [9.17, 15) is 0 Å². The molecule has 0 bridgehead atoms. The molecule has 2 nitrogen and oxygen atoms in total. The summed E-state index contributed by atoms with van der Waals surface area (Å²) in [6, 6.07) is 20.5. The fourth-order valence-corrected chi connectivity index (χ4v) is 5.35. The summed E-state index contributed by atoms with van der Waals surface area (Å²) in [4.78, 5) is 0. The molecule has 0 unspecified atom stereocenters. The van der Waals surface area contributed by atoms with E-state index in [0.717, 1.165) is 10.6 Å². The SMILES string of the molecule is S[C@@H](COCc1ccccc1)C[Se]C[C@@H](S)COCc1ccccc1. The first-order valence-electron chi connectivity index (χ1n) is 8.41. The Morgan fingerprint density at radius 1 is 0.680 bits per heavy atom. The Hall–Kier alpha value is -0.421. The second kappa shape index (κ2) is 12.9. The maximum absolute atomic E-state index is 5.74. The van der Waals surface area contributed by atoms with Gasteiger partial charge in [0.2, 0.25) is 0 Å². The molecule has 2 rings (SSSR count). The monoisotopic (exact) mass is 442 g/mol. The minimum absolute atomic E-state index is 0.300. The van der Waals surface area contributed by atoms with Crippen molar-refractivity contribution in [1.82, 2.24) is 0 Å². The first-order valence-corrected chi connectivity index (χ1v) is 11.9. The molecule has 0 radical (unpaired) electrons. The van der Waals surface area contributed by atoms with Gasteiger partial charge in [-0.2, -0.15) is 0 Å². The summed E-state index contributed by atoms with van der Waals surface area (Å²) in [7, 11) is 0. The molecule has 2 aromatic rings. The Kier molecular flexibility index (Phi) is 10.7. The van der Waals surface area contributed by atoms with Gasteiger partial charge in [0, 0.05) is 0 Å². The molecule has 2 aromatic carbocycles. The third-order valence-electron chi connectivity index (χ3n) is 3.46. The quantitative estimate of drug-likeness (QED) is 0.372. The Balaban J connectivity index is 1.48. The van der Waals surface area contributed by atoms with Crippen LogP contribution in [0, 0.1) is 0 Å². The predicted molar refractivity (Wildman–Crippen MR) is 113 cm³/mol. The first-order chi connectivity index (χ1) is 12.2. The third kappa shape index (κ3) is 9.74. The van der Waals surface area contributed by atoms with E-state index in [4.69, 9.17) is 9.47 Å². The van der Waals surface area contributed by atoms with E-state index < -0.39 is 0 Å². The zero-order chi connectivity index (χ0) is 17.7. The van der Waals surface area contributed by atoms with E-state index in [-0.39, 0.29) is 0 Å². The molecule has 0 N–H and O–H groups in total. The van der Waals surface area contributed by atoms with E-state index in [1.165, 1.54) is 11.1 Å². The molecule has 0 heterocycles. The molecule has 0 aliphatic heterocycles. The Labute approximate surface area is 168 Å². The molecule has 0 aliphatic carbocycles. The van der Waals surface area contributed by atoms with Gasteiger partial charge in [-0.25, -0.2) is 0 Å². The van der Waals surface area contributed by atoms with E-state index in [0.29, 0.717) is 51.9 Å². The molecule has 0 saturated heterocycles. The van der Waals surface area contributed by atoms with Gasteiger partial charge in [-0.1, -0.05) is 0 Å².